The van der Waals surface area contributed by atoms with Gasteiger partial charge >= 0.3 is 0 Å². The molecule has 1 N–H and O–H groups in total. The van der Waals surface area contributed by atoms with Crippen LogP contribution in [0, 0.1) is 26.9 Å². The number of rotatable bonds is 8. The third kappa shape index (κ3) is 4.98. The maximum Gasteiger partial charge on any atom is 0.290 e. The summed E-state index contributed by atoms with van der Waals surface area (Å²) in [5, 5.41) is 23.1. The van der Waals surface area contributed by atoms with Crippen molar-refractivity contribution in [3.63, 3.8) is 0 Å². The van der Waals surface area contributed by atoms with Gasteiger partial charge in [-0.25, -0.2) is 0 Å². The topological polar surface area (TPSA) is 114 Å². The number of carbonyl (C=O) groups excluding carboxylic acids is 1. The molecule has 0 saturated carbocycles. The summed E-state index contributed by atoms with van der Waals surface area (Å²) in [6, 6.07) is 13.2. The second-order valence-corrected chi connectivity index (χ2v) is 6.72. The molecule has 28 heavy (non-hydrogen) atoms. The van der Waals surface area contributed by atoms with Crippen LogP contribution in [0.5, 0.6) is 11.5 Å². The first-order valence-electron chi connectivity index (χ1n) is 8.50. The molecule has 0 radical (unpaired) electrons. The fourth-order valence-electron chi connectivity index (χ4n) is 2.39. The summed E-state index contributed by atoms with van der Waals surface area (Å²) in [7, 11) is 1.58. The highest BCUT2D eigenvalue weighted by Gasteiger charge is 2.29. The minimum absolute atomic E-state index is 0.0444. The molecule has 0 aromatic heterocycles. The molecule has 0 saturated heterocycles. The highest BCUT2D eigenvalue weighted by molar-refractivity contribution is 5.82. The first kappa shape index (κ1) is 20.7. The highest BCUT2D eigenvalue weighted by Crippen LogP contribution is 2.29. The third-order valence-corrected chi connectivity index (χ3v) is 4.13. The van der Waals surface area contributed by atoms with E-state index in [0.29, 0.717) is 6.54 Å². The van der Waals surface area contributed by atoms with Gasteiger partial charge in [-0.3, -0.25) is 14.9 Å². The van der Waals surface area contributed by atoms with Crippen molar-refractivity contribution >= 4 is 11.6 Å². The van der Waals surface area contributed by atoms with Gasteiger partial charge in [-0.2, -0.15) is 5.26 Å². The van der Waals surface area contributed by atoms with E-state index in [9.17, 15) is 20.2 Å². The van der Waals surface area contributed by atoms with E-state index in [1.54, 1.807) is 27.0 Å². The van der Waals surface area contributed by atoms with Crippen LogP contribution in [0.15, 0.2) is 42.5 Å². The van der Waals surface area contributed by atoms with Gasteiger partial charge in [0.2, 0.25) is 5.91 Å². The zero-order valence-corrected chi connectivity index (χ0v) is 15.9. The lowest BCUT2D eigenvalue weighted by atomic mass is 9.93. The van der Waals surface area contributed by atoms with E-state index in [1.165, 1.54) is 18.2 Å². The van der Waals surface area contributed by atoms with Crippen LogP contribution in [-0.4, -0.2) is 24.5 Å². The lowest BCUT2D eigenvalue weighted by molar-refractivity contribution is -0.385. The minimum Gasteiger partial charge on any atom is -0.497 e. The fourth-order valence-corrected chi connectivity index (χ4v) is 2.39. The molecular formula is C20H21N3O5. The number of hydrogen-bond donors (Lipinski definition) is 1. The Bertz CT molecular complexity index is 901. The van der Waals surface area contributed by atoms with E-state index in [4.69, 9.17) is 9.47 Å². The molecule has 0 aliphatic heterocycles. The Morgan fingerprint density at radius 1 is 1.25 bits per heavy atom. The van der Waals surface area contributed by atoms with Crippen molar-refractivity contribution in [2.45, 2.75) is 20.4 Å². The van der Waals surface area contributed by atoms with E-state index in [0.717, 1.165) is 11.3 Å². The number of nitrogens with zero attached hydrogens (tertiary/aromatic N) is 2. The predicted molar refractivity (Wildman–Crippen MR) is 102 cm³/mol. The number of carbonyl (C=O) groups is 1. The van der Waals surface area contributed by atoms with Crippen molar-refractivity contribution in [1.29, 1.82) is 5.26 Å². The summed E-state index contributed by atoms with van der Waals surface area (Å²) in [5.74, 6) is 0.564. The molecular weight excluding hydrogens is 362 g/mol. The Morgan fingerprint density at radius 2 is 1.93 bits per heavy atom. The van der Waals surface area contributed by atoms with Crippen LogP contribution in [0.3, 0.4) is 0 Å². The Labute approximate surface area is 162 Å². The largest absolute Gasteiger partial charge is 0.497 e. The summed E-state index contributed by atoms with van der Waals surface area (Å²) >= 11 is 0. The molecule has 0 fully saturated rings. The van der Waals surface area contributed by atoms with Crippen LogP contribution >= 0.6 is 0 Å². The van der Waals surface area contributed by atoms with Gasteiger partial charge in [-0.05, 0) is 37.6 Å². The smallest absolute Gasteiger partial charge is 0.290 e. The molecule has 1 amide bonds. The van der Waals surface area contributed by atoms with Crippen molar-refractivity contribution in [2.24, 2.45) is 5.41 Å². The van der Waals surface area contributed by atoms with Gasteiger partial charge in [0, 0.05) is 12.6 Å². The lowest BCUT2D eigenvalue weighted by Gasteiger charge is -2.24. The lowest BCUT2D eigenvalue weighted by Crippen LogP contribution is -2.40. The molecule has 0 heterocycles. The molecule has 0 aliphatic carbocycles. The van der Waals surface area contributed by atoms with Gasteiger partial charge in [-0.15, -0.1) is 0 Å². The summed E-state index contributed by atoms with van der Waals surface area (Å²) in [4.78, 5) is 22.9. The zero-order valence-electron chi connectivity index (χ0n) is 15.9. The van der Waals surface area contributed by atoms with Gasteiger partial charge in [-0.1, -0.05) is 18.2 Å². The molecule has 2 aromatic rings. The van der Waals surface area contributed by atoms with E-state index < -0.39 is 10.3 Å². The predicted octanol–water partition coefficient (Wildman–Crippen LogP) is 3.20. The van der Waals surface area contributed by atoms with Crippen LogP contribution in [0.2, 0.25) is 0 Å². The molecule has 2 aromatic carbocycles. The quantitative estimate of drug-likeness (QED) is 0.553. The van der Waals surface area contributed by atoms with Gasteiger partial charge in [0.05, 0.1) is 17.4 Å². The SMILES string of the molecule is COc1ccc(CNC(=O)C(C)(C)COc2cccc([N+](=O)[O-])c2C#N)cc1. The normalized spacial score (nSPS) is 10.6. The summed E-state index contributed by atoms with van der Waals surface area (Å²) in [6.45, 7) is 3.68. The maximum absolute atomic E-state index is 12.5. The monoisotopic (exact) mass is 383 g/mol. The fraction of sp³-hybridized carbons (Fsp3) is 0.300. The van der Waals surface area contributed by atoms with Crippen molar-refractivity contribution in [3.8, 4) is 17.6 Å². The van der Waals surface area contributed by atoms with E-state index in [-0.39, 0.29) is 29.5 Å². The molecule has 0 aliphatic rings. The Balaban J connectivity index is 2.01. The molecule has 0 atom stereocenters. The molecule has 0 spiro atoms. The number of hydrogen-bond acceptors (Lipinski definition) is 6. The van der Waals surface area contributed by atoms with E-state index in [2.05, 4.69) is 5.32 Å². The second-order valence-electron chi connectivity index (χ2n) is 6.72. The van der Waals surface area contributed by atoms with E-state index in [1.807, 2.05) is 24.3 Å². The number of methoxy groups -OCH3 is 1. The van der Waals surface area contributed by atoms with Gasteiger partial charge in [0.1, 0.15) is 24.2 Å². The molecule has 8 heteroatoms. The van der Waals surface area contributed by atoms with Gasteiger partial charge < -0.3 is 14.8 Å². The van der Waals surface area contributed by atoms with Crippen LogP contribution in [0.1, 0.15) is 25.0 Å². The molecule has 0 bridgehead atoms. The molecule has 8 nitrogen and oxygen atoms in total. The number of ether oxygens (including phenoxy) is 2. The maximum atomic E-state index is 12.5. The minimum atomic E-state index is -0.913. The van der Waals surface area contributed by atoms with Crippen LogP contribution in [0.25, 0.3) is 0 Å². The van der Waals surface area contributed by atoms with Crippen LogP contribution in [0.4, 0.5) is 5.69 Å². The number of amides is 1. The molecule has 0 unspecified atom stereocenters. The standard InChI is InChI=1S/C20H21N3O5/c1-20(2,19(24)22-12-14-7-9-15(27-3)10-8-14)13-28-18-6-4-5-17(23(25)26)16(18)11-21/h4-10H,12-13H2,1-3H3,(H,22,24). The average Bonchev–Trinajstić information content (AvgIpc) is 2.70. The summed E-state index contributed by atoms with van der Waals surface area (Å²) < 4.78 is 10.7. The first-order valence-corrected chi connectivity index (χ1v) is 8.50. The summed E-state index contributed by atoms with van der Waals surface area (Å²) in [5.41, 5.74) is -0.496. The van der Waals surface area contributed by atoms with Gasteiger partial charge in [0.25, 0.3) is 5.69 Å². The number of nitrogens with one attached hydrogen (secondary N) is 1. The molecule has 146 valence electrons. The third-order valence-electron chi connectivity index (χ3n) is 4.13. The van der Waals surface area contributed by atoms with Crippen molar-refractivity contribution in [2.75, 3.05) is 13.7 Å². The number of benzene rings is 2. The van der Waals surface area contributed by atoms with Gasteiger partial charge in [0.15, 0.2) is 5.56 Å². The Morgan fingerprint density at radius 3 is 2.50 bits per heavy atom. The van der Waals surface area contributed by atoms with Crippen molar-refractivity contribution < 1.29 is 19.2 Å². The zero-order chi connectivity index (χ0) is 20.7. The van der Waals surface area contributed by atoms with Crippen molar-refractivity contribution in [3.05, 3.63) is 63.7 Å². The Hall–Kier alpha value is -3.60. The number of nitro groups is 1. The van der Waals surface area contributed by atoms with Crippen molar-refractivity contribution in [1.82, 2.24) is 5.32 Å². The average molecular weight is 383 g/mol. The Kier molecular flexibility index (Phi) is 6.55. The first-order chi connectivity index (χ1) is 13.3. The highest BCUT2D eigenvalue weighted by atomic mass is 16.6. The van der Waals surface area contributed by atoms with E-state index >= 15 is 0 Å². The number of nitriles is 1. The molecule has 2 rings (SSSR count). The number of nitro benzene ring substituents is 1. The van der Waals surface area contributed by atoms with Crippen LogP contribution < -0.4 is 14.8 Å². The summed E-state index contributed by atoms with van der Waals surface area (Å²) in [6.07, 6.45) is 0. The van der Waals surface area contributed by atoms with Crippen LogP contribution in [-0.2, 0) is 11.3 Å². The second kappa shape index (κ2) is 8.86.